The van der Waals surface area contributed by atoms with Crippen LogP contribution in [0.2, 0.25) is 0 Å². The predicted octanol–water partition coefficient (Wildman–Crippen LogP) is 4.10. The Morgan fingerprint density at radius 1 is 1.27 bits per heavy atom. The van der Waals surface area contributed by atoms with Crippen LogP contribution in [-0.4, -0.2) is 57.8 Å². The molecule has 1 unspecified atom stereocenters. The number of aromatic amines is 1. The highest BCUT2D eigenvalue weighted by atomic mass is 32.2. The first-order chi connectivity index (χ1) is 16.0. The summed E-state index contributed by atoms with van der Waals surface area (Å²) in [5, 5.41) is 11.0. The third kappa shape index (κ3) is 4.85. The second-order valence-electron chi connectivity index (χ2n) is 7.86. The van der Waals surface area contributed by atoms with Crippen LogP contribution in [0.4, 0.5) is 5.13 Å². The number of nitrogens with zero attached hydrogens (tertiary/aromatic N) is 4. The summed E-state index contributed by atoms with van der Waals surface area (Å²) >= 11 is 1.54. The van der Waals surface area contributed by atoms with E-state index in [2.05, 4.69) is 25.5 Å². The first-order valence-electron chi connectivity index (χ1n) is 10.8. The van der Waals surface area contributed by atoms with Gasteiger partial charge in [-0.1, -0.05) is 11.3 Å². The van der Waals surface area contributed by atoms with E-state index in [1.54, 1.807) is 29.8 Å². The Labute approximate surface area is 195 Å². The molecule has 1 aromatic carbocycles. The number of H-pyrrole nitrogens is 1. The minimum Gasteiger partial charge on any atom is -0.457 e. The van der Waals surface area contributed by atoms with E-state index in [1.807, 2.05) is 30.3 Å². The van der Waals surface area contributed by atoms with E-state index in [4.69, 9.17) is 4.74 Å². The van der Waals surface area contributed by atoms with Crippen LogP contribution in [0.3, 0.4) is 0 Å². The summed E-state index contributed by atoms with van der Waals surface area (Å²) in [4.78, 5) is 9.03. The summed E-state index contributed by atoms with van der Waals surface area (Å²) in [6.07, 6.45) is 6.96. The van der Waals surface area contributed by atoms with E-state index in [0.717, 1.165) is 39.4 Å². The number of aromatic nitrogens is 4. The Balaban J connectivity index is 1.30. The van der Waals surface area contributed by atoms with Gasteiger partial charge in [0.25, 0.3) is 0 Å². The fraction of sp³-hybridized carbons (Fsp3) is 0.318. The van der Waals surface area contributed by atoms with Gasteiger partial charge in [0.1, 0.15) is 11.5 Å². The number of ether oxygens (including phenoxy) is 1. The van der Waals surface area contributed by atoms with Crippen LogP contribution in [0.15, 0.2) is 48.9 Å². The molecule has 172 valence electrons. The predicted molar refractivity (Wildman–Crippen MR) is 129 cm³/mol. The van der Waals surface area contributed by atoms with Gasteiger partial charge in [0, 0.05) is 49.2 Å². The van der Waals surface area contributed by atoms with Gasteiger partial charge in [-0.3, -0.25) is 10.1 Å². The lowest BCUT2D eigenvalue weighted by Gasteiger charge is -2.31. The molecule has 0 saturated carbocycles. The van der Waals surface area contributed by atoms with E-state index in [9.17, 15) is 8.42 Å². The Morgan fingerprint density at radius 2 is 2.15 bits per heavy atom. The first-order valence-corrected chi connectivity index (χ1v) is 13.2. The lowest BCUT2D eigenvalue weighted by molar-refractivity contribution is 0.327. The number of sulfonamides is 1. The number of hydrogen-bond acceptors (Lipinski definition) is 8. The number of thiazole rings is 1. The second kappa shape index (κ2) is 9.08. The zero-order valence-electron chi connectivity index (χ0n) is 18.1. The number of pyridine rings is 1. The number of piperidine rings is 1. The third-order valence-corrected chi connectivity index (χ3v) is 8.39. The fourth-order valence-corrected chi connectivity index (χ4v) is 6.01. The van der Waals surface area contributed by atoms with Crippen molar-refractivity contribution in [2.75, 3.05) is 24.2 Å². The smallest absolute Gasteiger partial charge is 0.213 e. The topological polar surface area (TPSA) is 113 Å². The van der Waals surface area contributed by atoms with Crippen molar-refractivity contribution in [1.82, 2.24) is 24.5 Å². The van der Waals surface area contributed by atoms with E-state index in [0.29, 0.717) is 24.6 Å². The van der Waals surface area contributed by atoms with Gasteiger partial charge in [0.15, 0.2) is 5.13 Å². The molecule has 0 spiro atoms. The molecule has 9 nitrogen and oxygen atoms in total. The Hall–Kier alpha value is -3.02. The number of fused-ring (bicyclic) bond motifs is 1. The highest BCUT2D eigenvalue weighted by Crippen LogP contribution is 2.33. The molecule has 1 aliphatic heterocycles. The molecule has 1 aliphatic rings. The second-order valence-corrected chi connectivity index (χ2v) is 11.1. The highest BCUT2D eigenvalue weighted by molar-refractivity contribution is 7.89. The first kappa shape index (κ1) is 21.8. The molecule has 0 amide bonds. The Kier molecular flexibility index (Phi) is 6.00. The number of benzene rings is 1. The maximum Gasteiger partial charge on any atom is 0.213 e. The van der Waals surface area contributed by atoms with Gasteiger partial charge < -0.3 is 10.1 Å². The van der Waals surface area contributed by atoms with Crippen molar-refractivity contribution in [3.63, 3.8) is 0 Å². The summed E-state index contributed by atoms with van der Waals surface area (Å²) in [5.74, 6) is 1.52. The molecule has 33 heavy (non-hydrogen) atoms. The molecule has 0 radical (unpaired) electrons. The SMILES string of the molecule is CCS(=O)(=O)N1CCCC(Nc2nc3ccc(Oc4ccnc(-c5cn[nH]c5)c4)cc3s2)C1. The molecule has 11 heteroatoms. The standard InChI is InChI=1S/C22H24N6O3S2/c1-2-33(29,30)28-9-3-4-16(14-28)26-22-27-19-6-5-17(11-21(19)32-22)31-18-7-8-23-20(10-18)15-12-24-25-13-15/h5-8,10-13,16H,2-4,9,14H2,1H3,(H,24,25)(H,26,27). The minimum absolute atomic E-state index is 0.0505. The molecular weight excluding hydrogens is 460 g/mol. The number of anilines is 1. The zero-order valence-corrected chi connectivity index (χ0v) is 19.7. The van der Waals surface area contributed by atoms with Crippen LogP contribution in [0, 0.1) is 0 Å². The highest BCUT2D eigenvalue weighted by Gasteiger charge is 2.28. The maximum absolute atomic E-state index is 12.2. The molecule has 4 heterocycles. The van der Waals surface area contributed by atoms with Crippen molar-refractivity contribution in [2.24, 2.45) is 0 Å². The van der Waals surface area contributed by atoms with E-state index in [-0.39, 0.29) is 11.8 Å². The van der Waals surface area contributed by atoms with Gasteiger partial charge in [-0.05, 0) is 38.0 Å². The van der Waals surface area contributed by atoms with Crippen LogP contribution >= 0.6 is 11.3 Å². The van der Waals surface area contributed by atoms with Gasteiger partial charge in [0.05, 0.1) is 27.9 Å². The normalized spacial score (nSPS) is 17.3. The molecule has 0 bridgehead atoms. The number of rotatable bonds is 7. The Bertz CT molecular complexity index is 1350. The molecule has 2 N–H and O–H groups in total. The van der Waals surface area contributed by atoms with E-state index >= 15 is 0 Å². The molecule has 1 saturated heterocycles. The summed E-state index contributed by atoms with van der Waals surface area (Å²) in [6.45, 7) is 2.75. The molecule has 4 aromatic rings. The Morgan fingerprint density at radius 3 is 2.97 bits per heavy atom. The number of nitrogens with one attached hydrogen (secondary N) is 2. The van der Waals surface area contributed by atoms with Gasteiger partial charge >= 0.3 is 0 Å². The summed E-state index contributed by atoms with van der Waals surface area (Å²) in [6, 6.07) is 9.51. The van der Waals surface area contributed by atoms with Gasteiger partial charge in [-0.25, -0.2) is 13.4 Å². The summed E-state index contributed by atoms with van der Waals surface area (Å²) < 4.78 is 33.1. The van der Waals surface area contributed by atoms with Crippen molar-refractivity contribution in [3.8, 4) is 22.8 Å². The molecule has 1 atom stereocenters. The molecular formula is C22H24N6O3S2. The molecule has 3 aromatic heterocycles. The number of hydrogen-bond donors (Lipinski definition) is 2. The van der Waals surface area contributed by atoms with Gasteiger partial charge in [0.2, 0.25) is 10.0 Å². The van der Waals surface area contributed by atoms with Crippen molar-refractivity contribution in [1.29, 1.82) is 0 Å². The van der Waals surface area contributed by atoms with Crippen LogP contribution in [-0.2, 0) is 10.0 Å². The molecule has 1 fully saturated rings. The maximum atomic E-state index is 12.2. The average Bonchev–Trinajstić information content (AvgIpc) is 3.49. The van der Waals surface area contributed by atoms with Crippen LogP contribution in [0.25, 0.3) is 21.5 Å². The van der Waals surface area contributed by atoms with Crippen LogP contribution < -0.4 is 10.1 Å². The van der Waals surface area contributed by atoms with Crippen LogP contribution in [0.1, 0.15) is 19.8 Å². The monoisotopic (exact) mass is 484 g/mol. The fourth-order valence-electron chi connectivity index (χ4n) is 3.86. The van der Waals surface area contributed by atoms with Crippen molar-refractivity contribution in [3.05, 3.63) is 48.9 Å². The van der Waals surface area contributed by atoms with Gasteiger partial charge in [-0.2, -0.15) is 9.40 Å². The lowest BCUT2D eigenvalue weighted by Crippen LogP contribution is -2.45. The lowest BCUT2D eigenvalue weighted by atomic mass is 10.1. The zero-order chi connectivity index (χ0) is 22.8. The summed E-state index contributed by atoms with van der Waals surface area (Å²) in [5.41, 5.74) is 2.54. The molecule has 5 rings (SSSR count). The van der Waals surface area contributed by atoms with Crippen molar-refractivity contribution >= 4 is 36.7 Å². The van der Waals surface area contributed by atoms with Gasteiger partial charge in [-0.15, -0.1) is 0 Å². The average molecular weight is 485 g/mol. The minimum atomic E-state index is -3.17. The third-order valence-electron chi connectivity index (χ3n) is 5.59. The quantitative estimate of drug-likeness (QED) is 0.406. The van der Waals surface area contributed by atoms with Crippen molar-refractivity contribution in [2.45, 2.75) is 25.8 Å². The van der Waals surface area contributed by atoms with Crippen LogP contribution in [0.5, 0.6) is 11.5 Å². The molecule has 0 aliphatic carbocycles. The van der Waals surface area contributed by atoms with E-state index < -0.39 is 10.0 Å². The van der Waals surface area contributed by atoms with Crippen molar-refractivity contribution < 1.29 is 13.2 Å². The largest absolute Gasteiger partial charge is 0.457 e. The summed E-state index contributed by atoms with van der Waals surface area (Å²) in [7, 11) is -3.17. The van der Waals surface area contributed by atoms with E-state index in [1.165, 1.54) is 11.3 Å².